The zero-order chi connectivity index (χ0) is 16.2. The first kappa shape index (κ1) is 18.5. The summed E-state index contributed by atoms with van der Waals surface area (Å²) in [5.41, 5.74) is 1.05. The van der Waals surface area contributed by atoms with Gasteiger partial charge in [-0.05, 0) is 18.4 Å². The van der Waals surface area contributed by atoms with Crippen LogP contribution < -0.4 is 4.89 Å². The van der Waals surface area contributed by atoms with E-state index in [0.717, 1.165) is 18.4 Å². The highest BCUT2D eigenvalue weighted by molar-refractivity contribution is 5.68. The van der Waals surface area contributed by atoms with Crippen LogP contribution in [0.4, 0.5) is 0 Å². The molecule has 0 fully saturated rings. The van der Waals surface area contributed by atoms with Crippen LogP contribution in [-0.4, -0.2) is 5.97 Å². The Labute approximate surface area is 134 Å². The maximum absolute atomic E-state index is 11.7. The fourth-order valence-electron chi connectivity index (χ4n) is 2.39. The molecule has 0 radical (unpaired) electrons. The second-order valence-corrected chi connectivity index (χ2v) is 6.10. The molecule has 0 aromatic heterocycles. The van der Waals surface area contributed by atoms with Gasteiger partial charge in [0.2, 0.25) is 0 Å². The third kappa shape index (κ3) is 7.48. The summed E-state index contributed by atoms with van der Waals surface area (Å²) in [6.07, 6.45) is 8.73. The van der Waals surface area contributed by atoms with Gasteiger partial charge in [-0.2, -0.15) is 0 Å². The van der Waals surface area contributed by atoms with Crippen molar-refractivity contribution in [3.05, 3.63) is 29.8 Å². The van der Waals surface area contributed by atoms with Crippen molar-refractivity contribution >= 4 is 5.97 Å². The summed E-state index contributed by atoms with van der Waals surface area (Å²) in [6.45, 7) is 6.39. The molecule has 0 saturated heterocycles. The standard InChI is InChI=1S/C19H30O3/c1-4-5-6-7-8-9-10-15-19(20)22-21-18-14-12-11-13-17(18)16(2)3/h11-14,16H,4-10,15H2,1-3H3. The molecule has 0 unspecified atom stereocenters. The summed E-state index contributed by atoms with van der Waals surface area (Å²) >= 11 is 0. The Morgan fingerprint density at radius 3 is 2.32 bits per heavy atom. The van der Waals surface area contributed by atoms with Gasteiger partial charge in [-0.25, -0.2) is 4.79 Å². The average molecular weight is 306 g/mol. The number of hydrogen-bond acceptors (Lipinski definition) is 3. The van der Waals surface area contributed by atoms with Crippen LogP contribution in [0.1, 0.15) is 83.6 Å². The summed E-state index contributed by atoms with van der Waals surface area (Å²) in [4.78, 5) is 21.8. The molecule has 0 heterocycles. The number of para-hydroxylation sites is 1. The summed E-state index contributed by atoms with van der Waals surface area (Å²) in [6, 6.07) is 7.66. The molecule has 22 heavy (non-hydrogen) atoms. The molecular formula is C19H30O3. The zero-order valence-corrected chi connectivity index (χ0v) is 14.3. The number of benzene rings is 1. The first-order chi connectivity index (χ1) is 10.6. The second-order valence-electron chi connectivity index (χ2n) is 6.10. The molecule has 0 amide bonds. The van der Waals surface area contributed by atoms with Gasteiger partial charge in [0.05, 0.1) is 6.42 Å². The first-order valence-corrected chi connectivity index (χ1v) is 8.61. The first-order valence-electron chi connectivity index (χ1n) is 8.61. The Morgan fingerprint density at radius 1 is 1.00 bits per heavy atom. The highest BCUT2D eigenvalue weighted by Crippen LogP contribution is 2.26. The minimum Gasteiger partial charge on any atom is -0.287 e. The third-order valence-corrected chi connectivity index (χ3v) is 3.75. The van der Waals surface area contributed by atoms with Gasteiger partial charge in [0.25, 0.3) is 0 Å². The maximum atomic E-state index is 11.7. The lowest BCUT2D eigenvalue weighted by atomic mass is 10.0. The Hall–Kier alpha value is -1.51. The van der Waals surface area contributed by atoms with Crippen molar-refractivity contribution in [2.75, 3.05) is 0 Å². The van der Waals surface area contributed by atoms with Gasteiger partial charge in [0, 0.05) is 5.56 Å². The lowest BCUT2D eigenvalue weighted by molar-refractivity contribution is -0.214. The van der Waals surface area contributed by atoms with Crippen LogP contribution >= 0.6 is 0 Å². The van der Waals surface area contributed by atoms with Crippen LogP contribution in [0.3, 0.4) is 0 Å². The van der Waals surface area contributed by atoms with Crippen molar-refractivity contribution in [3.8, 4) is 5.75 Å². The Bertz CT molecular complexity index is 426. The van der Waals surface area contributed by atoms with E-state index in [9.17, 15) is 4.79 Å². The number of carbonyl (C=O) groups excluding carboxylic acids is 1. The van der Waals surface area contributed by atoms with E-state index >= 15 is 0 Å². The van der Waals surface area contributed by atoms with Gasteiger partial charge in [0.1, 0.15) is 0 Å². The summed E-state index contributed by atoms with van der Waals surface area (Å²) in [7, 11) is 0. The third-order valence-electron chi connectivity index (χ3n) is 3.75. The van der Waals surface area contributed by atoms with Crippen LogP contribution in [0.5, 0.6) is 5.75 Å². The van der Waals surface area contributed by atoms with Crippen LogP contribution in [0.2, 0.25) is 0 Å². The predicted molar refractivity (Wildman–Crippen MR) is 89.9 cm³/mol. The Morgan fingerprint density at radius 2 is 1.64 bits per heavy atom. The normalized spacial score (nSPS) is 10.7. The van der Waals surface area contributed by atoms with E-state index < -0.39 is 0 Å². The van der Waals surface area contributed by atoms with Crippen molar-refractivity contribution in [2.45, 2.75) is 78.1 Å². The Kier molecular flexibility index (Phi) is 9.36. The number of hydrogen-bond donors (Lipinski definition) is 0. The molecule has 3 nitrogen and oxygen atoms in total. The molecular weight excluding hydrogens is 276 g/mol. The molecule has 0 aliphatic rings. The summed E-state index contributed by atoms with van der Waals surface area (Å²) in [5.74, 6) is 0.676. The molecule has 0 N–H and O–H groups in total. The molecule has 0 saturated carbocycles. The quantitative estimate of drug-likeness (QED) is 0.295. The smallest absolute Gasteiger partial charge is 0.287 e. The van der Waals surface area contributed by atoms with E-state index in [2.05, 4.69) is 20.8 Å². The molecule has 124 valence electrons. The summed E-state index contributed by atoms with van der Waals surface area (Å²) < 4.78 is 0. The van der Waals surface area contributed by atoms with E-state index in [0.29, 0.717) is 18.1 Å². The molecule has 0 aliphatic carbocycles. The highest BCUT2D eigenvalue weighted by atomic mass is 17.2. The van der Waals surface area contributed by atoms with Gasteiger partial charge in [-0.3, -0.25) is 9.78 Å². The minimum absolute atomic E-state index is 0.285. The topological polar surface area (TPSA) is 35.5 Å². The van der Waals surface area contributed by atoms with Crippen LogP contribution in [0.15, 0.2) is 24.3 Å². The summed E-state index contributed by atoms with van der Waals surface area (Å²) in [5, 5.41) is 0. The average Bonchev–Trinajstić information content (AvgIpc) is 2.52. The number of unbranched alkanes of at least 4 members (excludes halogenated alkanes) is 6. The molecule has 0 spiro atoms. The number of carbonyl (C=O) groups is 1. The molecule has 0 aliphatic heterocycles. The van der Waals surface area contributed by atoms with Crippen molar-refractivity contribution in [3.63, 3.8) is 0 Å². The van der Waals surface area contributed by atoms with E-state index in [1.165, 1.54) is 32.1 Å². The van der Waals surface area contributed by atoms with Crippen molar-refractivity contribution in [1.82, 2.24) is 0 Å². The van der Waals surface area contributed by atoms with E-state index in [-0.39, 0.29) is 5.97 Å². The van der Waals surface area contributed by atoms with Crippen LogP contribution in [0, 0.1) is 0 Å². The van der Waals surface area contributed by atoms with E-state index in [1.807, 2.05) is 24.3 Å². The van der Waals surface area contributed by atoms with E-state index in [4.69, 9.17) is 9.78 Å². The molecule has 1 aromatic rings. The number of rotatable bonds is 11. The van der Waals surface area contributed by atoms with Crippen LogP contribution in [0.25, 0.3) is 0 Å². The lowest BCUT2D eigenvalue weighted by Gasteiger charge is -2.11. The van der Waals surface area contributed by atoms with Crippen molar-refractivity contribution in [2.24, 2.45) is 0 Å². The maximum Gasteiger partial charge on any atom is 0.355 e. The van der Waals surface area contributed by atoms with Gasteiger partial charge < -0.3 is 0 Å². The molecule has 1 rings (SSSR count). The van der Waals surface area contributed by atoms with Gasteiger partial charge >= 0.3 is 5.97 Å². The second kappa shape index (κ2) is 11.1. The Balaban J connectivity index is 2.18. The molecule has 1 aromatic carbocycles. The van der Waals surface area contributed by atoms with Crippen LogP contribution in [-0.2, 0) is 9.68 Å². The molecule has 0 atom stereocenters. The van der Waals surface area contributed by atoms with Gasteiger partial charge in [-0.1, -0.05) is 77.5 Å². The van der Waals surface area contributed by atoms with Gasteiger partial charge in [0.15, 0.2) is 5.75 Å². The minimum atomic E-state index is -0.285. The molecule has 0 bridgehead atoms. The van der Waals surface area contributed by atoms with E-state index in [1.54, 1.807) is 0 Å². The fraction of sp³-hybridized carbons (Fsp3) is 0.632. The van der Waals surface area contributed by atoms with Crippen molar-refractivity contribution in [1.29, 1.82) is 0 Å². The SMILES string of the molecule is CCCCCCCCCC(=O)OOc1ccccc1C(C)C. The molecule has 3 heteroatoms. The zero-order valence-electron chi connectivity index (χ0n) is 14.3. The fourth-order valence-corrected chi connectivity index (χ4v) is 2.39. The van der Waals surface area contributed by atoms with Crippen molar-refractivity contribution < 1.29 is 14.6 Å². The highest BCUT2D eigenvalue weighted by Gasteiger charge is 2.10. The lowest BCUT2D eigenvalue weighted by Crippen LogP contribution is -2.09. The monoisotopic (exact) mass is 306 g/mol. The largest absolute Gasteiger partial charge is 0.355 e. The predicted octanol–water partition coefficient (Wildman–Crippen LogP) is 5.79. The van der Waals surface area contributed by atoms with Gasteiger partial charge in [-0.15, -0.1) is 0 Å².